The van der Waals surface area contributed by atoms with Crippen molar-refractivity contribution in [2.45, 2.75) is 6.92 Å². The van der Waals surface area contributed by atoms with Crippen LogP contribution in [-0.4, -0.2) is 18.4 Å². The molecule has 1 rings (SSSR count). The van der Waals surface area contributed by atoms with E-state index in [4.69, 9.17) is 0 Å². The molecule has 0 heterocycles. The Kier molecular flexibility index (Phi) is 4.12. The van der Waals surface area contributed by atoms with E-state index >= 15 is 0 Å². The molecule has 3 nitrogen and oxygen atoms in total. The Bertz CT molecular complexity index is 446. The second kappa shape index (κ2) is 5.16. The molecule has 0 saturated heterocycles. The van der Waals surface area contributed by atoms with Crippen LogP contribution in [0.25, 0.3) is 0 Å². The summed E-state index contributed by atoms with van der Waals surface area (Å²) in [6, 6.07) is 1.43. The van der Waals surface area contributed by atoms with Gasteiger partial charge in [-0.05, 0) is 28.9 Å². The molecule has 0 unspecified atom stereocenters. The third kappa shape index (κ3) is 2.63. The fourth-order valence-corrected chi connectivity index (χ4v) is 1.35. The number of carbonyl (C=O) groups excluding carboxylic acids is 2. The zero-order valence-electron chi connectivity index (χ0n) is 8.22. The van der Waals surface area contributed by atoms with Gasteiger partial charge in [-0.25, -0.2) is 13.6 Å². The van der Waals surface area contributed by atoms with E-state index in [0.29, 0.717) is 6.07 Å². The lowest BCUT2D eigenvalue weighted by Gasteiger charge is -2.03. The smallest absolute Gasteiger partial charge is 0.379 e. The summed E-state index contributed by atoms with van der Waals surface area (Å²) < 4.78 is 30.4. The van der Waals surface area contributed by atoms with Crippen molar-refractivity contribution >= 4 is 27.7 Å². The highest BCUT2D eigenvalue weighted by Crippen LogP contribution is 2.20. The predicted octanol–water partition coefficient (Wildman–Crippen LogP) is 2.47. The van der Waals surface area contributed by atoms with E-state index < -0.39 is 29.0 Å². The Morgan fingerprint density at radius 1 is 1.31 bits per heavy atom. The first-order valence-corrected chi connectivity index (χ1v) is 5.12. The predicted molar refractivity (Wildman–Crippen MR) is 55.0 cm³/mol. The number of Topliss-reactive ketones (excluding diaryl/α,β-unsaturated/α-hetero) is 1. The monoisotopic (exact) mass is 292 g/mol. The molecule has 0 fully saturated rings. The minimum absolute atomic E-state index is 0.00849. The Morgan fingerprint density at radius 3 is 2.50 bits per heavy atom. The van der Waals surface area contributed by atoms with Gasteiger partial charge in [-0.3, -0.25) is 4.79 Å². The highest BCUT2D eigenvalue weighted by atomic mass is 79.9. The number of hydrogen-bond acceptors (Lipinski definition) is 3. The lowest BCUT2D eigenvalue weighted by Crippen LogP contribution is -2.19. The lowest BCUT2D eigenvalue weighted by atomic mass is 10.1. The highest BCUT2D eigenvalue weighted by molar-refractivity contribution is 9.10. The van der Waals surface area contributed by atoms with Gasteiger partial charge in [0.2, 0.25) is 0 Å². The summed E-state index contributed by atoms with van der Waals surface area (Å²) in [4.78, 5) is 22.4. The van der Waals surface area contributed by atoms with Gasteiger partial charge in [0.15, 0.2) is 0 Å². The van der Waals surface area contributed by atoms with E-state index in [1.807, 2.05) is 0 Å². The maximum Gasteiger partial charge on any atom is 0.379 e. The van der Waals surface area contributed by atoms with Crippen LogP contribution in [0.5, 0.6) is 0 Å². The van der Waals surface area contributed by atoms with Crippen LogP contribution in [0, 0.1) is 11.6 Å². The molecule has 0 aliphatic heterocycles. The van der Waals surface area contributed by atoms with E-state index in [-0.39, 0.29) is 11.1 Å². The van der Waals surface area contributed by atoms with Crippen molar-refractivity contribution < 1.29 is 23.1 Å². The summed E-state index contributed by atoms with van der Waals surface area (Å²) in [5.74, 6) is -4.25. The molecule has 1 aromatic carbocycles. The molecule has 0 radical (unpaired) electrons. The van der Waals surface area contributed by atoms with Crippen LogP contribution in [0.3, 0.4) is 0 Å². The summed E-state index contributed by atoms with van der Waals surface area (Å²) in [7, 11) is 0. The van der Waals surface area contributed by atoms with Gasteiger partial charge in [0.25, 0.3) is 5.78 Å². The van der Waals surface area contributed by atoms with Crippen LogP contribution in [0.1, 0.15) is 17.3 Å². The molecule has 0 aliphatic carbocycles. The maximum atomic E-state index is 13.2. The van der Waals surface area contributed by atoms with E-state index in [0.717, 1.165) is 6.07 Å². The fraction of sp³-hybridized carbons (Fsp3) is 0.200. The number of halogens is 3. The molecule has 6 heteroatoms. The van der Waals surface area contributed by atoms with Gasteiger partial charge in [0.05, 0.1) is 16.6 Å². The number of hydrogen-bond donors (Lipinski definition) is 0. The average Bonchev–Trinajstić information content (AvgIpc) is 2.23. The molecule has 0 N–H and O–H groups in total. The number of benzene rings is 1. The van der Waals surface area contributed by atoms with Crippen molar-refractivity contribution in [2.75, 3.05) is 6.61 Å². The topological polar surface area (TPSA) is 43.4 Å². The van der Waals surface area contributed by atoms with Crippen molar-refractivity contribution in [1.82, 2.24) is 0 Å². The van der Waals surface area contributed by atoms with Gasteiger partial charge in [-0.2, -0.15) is 0 Å². The standard InChI is InChI=1S/C10H7BrF2O3/c1-2-16-10(15)9(14)5-3-6(11)8(13)4-7(5)12/h3-4H,2H2,1H3. The van der Waals surface area contributed by atoms with E-state index in [1.54, 1.807) is 0 Å². The summed E-state index contributed by atoms with van der Waals surface area (Å²) >= 11 is 2.79. The molecule has 0 aliphatic rings. The Labute approximate surface area is 98.5 Å². The quantitative estimate of drug-likeness (QED) is 0.372. The molecule has 16 heavy (non-hydrogen) atoms. The number of carbonyl (C=O) groups is 2. The van der Waals surface area contributed by atoms with E-state index in [1.165, 1.54) is 6.92 Å². The van der Waals surface area contributed by atoms with Crippen molar-refractivity contribution in [2.24, 2.45) is 0 Å². The summed E-state index contributed by atoms with van der Waals surface area (Å²) in [6.45, 7) is 1.52. The fourth-order valence-electron chi connectivity index (χ4n) is 1.00. The Morgan fingerprint density at radius 2 is 1.94 bits per heavy atom. The van der Waals surface area contributed by atoms with Gasteiger partial charge >= 0.3 is 5.97 Å². The first-order valence-electron chi connectivity index (χ1n) is 4.33. The van der Waals surface area contributed by atoms with Crippen molar-refractivity contribution in [3.05, 3.63) is 33.8 Å². The number of ether oxygens (including phenoxy) is 1. The molecule has 0 atom stereocenters. The number of ketones is 1. The van der Waals surface area contributed by atoms with Crippen LogP contribution >= 0.6 is 15.9 Å². The van der Waals surface area contributed by atoms with E-state index in [9.17, 15) is 18.4 Å². The van der Waals surface area contributed by atoms with Gasteiger partial charge in [0.1, 0.15) is 11.6 Å². The minimum Gasteiger partial charge on any atom is -0.460 e. The molecule has 0 amide bonds. The largest absolute Gasteiger partial charge is 0.460 e. The molecule has 86 valence electrons. The van der Waals surface area contributed by atoms with Crippen LogP contribution in [0.4, 0.5) is 8.78 Å². The second-order valence-corrected chi connectivity index (χ2v) is 3.65. The van der Waals surface area contributed by atoms with Crippen molar-refractivity contribution in [3.63, 3.8) is 0 Å². The van der Waals surface area contributed by atoms with Gasteiger partial charge < -0.3 is 4.74 Å². The summed E-state index contributed by atoms with van der Waals surface area (Å²) in [5.41, 5.74) is -0.522. The number of rotatable bonds is 3. The van der Waals surface area contributed by atoms with Gasteiger partial charge in [-0.15, -0.1) is 0 Å². The van der Waals surface area contributed by atoms with Crippen LogP contribution in [0.15, 0.2) is 16.6 Å². The third-order valence-corrected chi connectivity index (χ3v) is 2.32. The zero-order chi connectivity index (χ0) is 12.3. The number of esters is 1. The molecule has 1 aromatic rings. The van der Waals surface area contributed by atoms with Crippen LogP contribution < -0.4 is 0 Å². The molecule has 0 aromatic heterocycles. The first kappa shape index (κ1) is 12.8. The Balaban J connectivity index is 3.09. The molecular weight excluding hydrogens is 286 g/mol. The van der Waals surface area contributed by atoms with Gasteiger partial charge in [0, 0.05) is 6.07 Å². The third-order valence-electron chi connectivity index (χ3n) is 1.72. The first-order chi connectivity index (χ1) is 7.47. The molecule has 0 bridgehead atoms. The normalized spacial score (nSPS) is 10.0. The van der Waals surface area contributed by atoms with Crippen molar-refractivity contribution in [3.8, 4) is 0 Å². The van der Waals surface area contributed by atoms with Crippen LogP contribution in [0.2, 0.25) is 0 Å². The zero-order valence-corrected chi connectivity index (χ0v) is 9.81. The summed E-state index contributed by atoms with van der Waals surface area (Å²) in [5, 5.41) is 0. The van der Waals surface area contributed by atoms with E-state index in [2.05, 4.69) is 20.7 Å². The average molecular weight is 293 g/mol. The van der Waals surface area contributed by atoms with Gasteiger partial charge in [-0.1, -0.05) is 0 Å². The lowest BCUT2D eigenvalue weighted by molar-refractivity contribution is -0.137. The highest BCUT2D eigenvalue weighted by Gasteiger charge is 2.22. The molecular formula is C10H7BrF2O3. The summed E-state index contributed by atoms with van der Waals surface area (Å²) in [6.07, 6.45) is 0. The SMILES string of the molecule is CCOC(=O)C(=O)c1cc(Br)c(F)cc1F. The minimum atomic E-state index is -1.17. The maximum absolute atomic E-state index is 13.2. The Hall–Kier alpha value is -1.30. The van der Waals surface area contributed by atoms with Crippen molar-refractivity contribution in [1.29, 1.82) is 0 Å². The van der Waals surface area contributed by atoms with Crippen LogP contribution in [-0.2, 0) is 9.53 Å². The molecule has 0 saturated carbocycles. The second-order valence-electron chi connectivity index (χ2n) is 2.80. The molecule has 0 spiro atoms.